The second-order valence-electron chi connectivity index (χ2n) is 10.3. The van der Waals surface area contributed by atoms with Gasteiger partial charge in [0.1, 0.15) is 45.8 Å². The average Bonchev–Trinajstić information content (AvgIpc) is 3.20. The van der Waals surface area contributed by atoms with Gasteiger partial charge in [-0.2, -0.15) is 15.1 Å². The third kappa shape index (κ3) is 6.80. The molecule has 13 nitrogen and oxygen atoms in total. The number of anilines is 3. The number of carbonyl (C=O) groups is 2. The first kappa shape index (κ1) is 29.5. The number of pyridine rings is 2. The molecular weight excluding hydrogens is 550 g/mol. The van der Waals surface area contributed by atoms with E-state index < -0.39 is 23.6 Å². The van der Waals surface area contributed by atoms with Gasteiger partial charge in [0, 0.05) is 25.9 Å². The van der Waals surface area contributed by atoms with Gasteiger partial charge in [-0.15, -0.1) is 0 Å². The fourth-order valence-corrected chi connectivity index (χ4v) is 3.99. The van der Waals surface area contributed by atoms with Crippen molar-refractivity contribution in [2.75, 3.05) is 24.8 Å². The van der Waals surface area contributed by atoms with Crippen LogP contribution in [0, 0.1) is 6.92 Å². The minimum Gasteiger partial charge on any atom is -0.467 e. The minimum absolute atomic E-state index is 0.160. The van der Waals surface area contributed by atoms with Gasteiger partial charge in [-0.25, -0.2) is 14.8 Å². The van der Waals surface area contributed by atoms with Crippen molar-refractivity contribution in [2.45, 2.75) is 46.3 Å². The molecule has 4 rings (SSSR count). The highest BCUT2D eigenvalue weighted by Gasteiger charge is 2.27. The van der Waals surface area contributed by atoms with E-state index in [1.807, 2.05) is 6.92 Å². The first-order valence-corrected chi connectivity index (χ1v) is 13.1. The summed E-state index contributed by atoms with van der Waals surface area (Å²) in [4.78, 5) is 44.9. The Morgan fingerprint density at radius 2 is 1.80 bits per heavy atom. The van der Waals surface area contributed by atoms with Crippen LogP contribution < -0.4 is 15.4 Å². The number of ether oxygens (including phenoxy) is 2. The Morgan fingerprint density at radius 3 is 2.44 bits per heavy atom. The summed E-state index contributed by atoms with van der Waals surface area (Å²) < 4.78 is 12.4. The molecule has 2 N–H and O–H groups in total. The van der Waals surface area contributed by atoms with Gasteiger partial charge in [-0.1, -0.05) is 11.6 Å². The molecule has 4 heterocycles. The number of nitrogens with one attached hydrogen (secondary N) is 2. The van der Waals surface area contributed by atoms with E-state index in [1.165, 1.54) is 25.3 Å². The number of hydrogen-bond donors (Lipinski definition) is 2. The van der Waals surface area contributed by atoms with E-state index in [0.29, 0.717) is 44.6 Å². The SMILES string of the molecule is COc1nc(-c2cc(NC(=O)C(C)N(C)C(=O)OC(C)(C)C)nc(Nc3ccc(Cl)cn3)c2)c2c(n1)c(C)nn2C. The fourth-order valence-electron chi connectivity index (χ4n) is 3.88. The lowest BCUT2D eigenvalue weighted by Crippen LogP contribution is -2.45. The summed E-state index contributed by atoms with van der Waals surface area (Å²) in [5, 5.41) is 10.9. The molecule has 14 heteroatoms. The standard InChI is InChI=1S/C27H32ClN9O4/c1-14-21-23(37(7)35-14)22(34-25(33-21)40-8)16-11-19(30-18-10-9-17(28)13-29-18)31-20(12-16)32-24(38)15(2)36(6)26(39)41-27(3,4)5/h9-13,15H,1-8H3,(H2,29,30,31,32,38). The van der Waals surface area contributed by atoms with Crippen LogP contribution in [0.2, 0.25) is 5.02 Å². The summed E-state index contributed by atoms with van der Waals surface area (Å²) in [6.07, 6.45) is 0.877. The second kappa shape index (κ2) is 11.5. The minimum atomic E-state index is -0.866. The number of carbonyl (C=O) groups excluding carboxylic acids is 2. The average molecular weight is 582 g/mol. The van der Waals surface area contributed by atoms with Crippen LogP contribution in [0.1, 0.15) is 33.4 Å². The number of aromatic nitrogens is 6. The molecule has 0 fully saturated rings. The molecule has 4 aromatic rings. The van der Waals surface area contributed by atoms with E-state index in [9.17, 15) is 9.59 Å². The van der Waals surface area contributed by atoms with Crippen LogP contribution >= 0.6 is 11.6 Å². The number of likely N-dealkylation sites (N-methyl/N-ethyl adjacent to an activating group) is 1. The molecule has 0 saturated heterocycles. The lowest BCUT2D eigenvalue weighted by atomic mass is 10.1. The zero-order chi connectivity index (χ0) is 30.1. The molecule has 2 amide bonds. The Labute approximate surface area is 242 Å². The van der Waals surface area contributed by atoms with Crippen molar-refractivity contribution in [3.8, 4) is 17.3 Å². The van der Waals surface area contributed by atoms with Crippen LogP contribution in [0.3, 0.4) is 0 Å². The smallest absolute Gasteiger partial charge is 0.410 e. The van der Waals surface area contributed by atoms with Crippen molar-refractivity contribution < 1.29 is 19.1 Å². The summed E-state index contributed by atoms with van der Waals surface area (Å²) >= 11 is 5.99. The van der Waals surface area contributed by atoms with Crippen molar-refractivity contribution in [3.05, 3.63) is 41.2 Å². The molecule has 0 aliphatic carbocycles. The molecule has 0 aliphatic rings. The van der Waals surface area contributed by atoms with Gasteiger partial charge >= 0.3 is 12.1 Å². The zero-order valence-corrected chi connectivity index (χ0v) is 24.9. The van der Waals surface area contributed by atoms with Crippen LogP contribution in [-0.2, 0) is 16.6 Å². The number of rotatable bonds is 7. The number of halogens is 1. The predicted molar refractivity (Wildman–Crippen MR) is 155 cm³/mol. The maximum absolute atomic E-state index is 13.2. The van der Waals surface area contributed by atoms with E-state index in [-0.39, 0.29) is 11.8 Å². The molecule has 4 aromatic heterocycles. The molecule has 1 unspecified atom stereocenters. The van der Waals surface area contributed by atoms with Crippen LogP contribution in [0.15, 0.2) is 30.5 Å². The number of nitrogens with zero attached hydrogens (tertiary/aromatic N) is 7. The van der Waals surface area contributed by atoms with Gasteiger partial charge < -0.3 is 20.1 Å². The van der Waals surface area contributed by atoms with E-state index >= 15 is 0 Å². The van der Waals surface area contributed by atoms with E-state index in [0.717, 1.165) is 0 Å². The summed E-state index contributed by atoms with van der Waals surface area (Å²) in [7, 11) is 4.77. The van der Waals surface area contributed by atoms with Crippen molar-refractivity contribution in [3.63, 3.8) is 0 Å². The highest BCUT2D eigenvalue weighted by atomic mass is 35.5. The number of methoxy groups -OCH3 is 1. The molecule has 0 aliphatic heterocycles. The summed E-state index contributed by atoms with van der Waals surface area (Å²) in [6.45, 7) is 8.71. The maximum Gasteiger partial charge on any atom is 0.410 e. The maximum atomic E-state index is 13.2. The van der Waals surface area contributed by atoms with Gasteiger partial charge in [-0.05, 0) is 58.9 Å². The van der Waals surface area contributed by atoms with Gasteiger partial charge in [0.15, 0.2) is 0 Å². The Morgan fingerprint density at radius 1 is 1.10 bits per heavy atom. The lowest BCUT2D eigenvalue weighted by Gasteiger charge is -2.28. The predicted octanol–water partition coefficient (Wildman–Crippen LogP) is 4.73. The van der Waals surface area contributed by atoms with Crippen LogP contribution in [0.25, 0.3) is 22.3 Å². The third-order valence-corrected chi connectivity index (χ3v) is 6.21. The van der Waals surface area contributed by atoms with E-state index in [4.69, 9.17) is 21.1 Å². The Bertz CT molecular complexity index is 1600. The molecule has 0 bridgehead atoms. The molecule has 0 aromatic carbocycles. The largest absolute Gasteiger partial charge is 0.467 e. The Balaban J connectivity index is 1.76. The molecular formula is C27H32ClN9O4. The first-order chi connectivity index (χ1) is 19.3. The lowest BCUT2D eigenvalue weighted by molar-refractivity contribution is -0.120. The third-order valence-electron chi connectivity index (χ3n) is 5.99. The van der Waals surface area contributed by atoms with Gasteiger partial charge in [0.05, 0.1) is 17.8 Å². The topological polar surface area (TPSA) is 149 Å². The van der Waals surface area contributed by atoms with Crippen LogP contribution in [0.5, 0.6) is 6.01 Å². The van der Waals surface area contributed by atoms with Gasteiger partial charge in [-0.3, -0.25) is 14.4 Å². The molecule has 0 saturated carbocycles. The van der Waals surface area contributed by atoms with Crippen LogP contribution in [-0.4, -0.2) is 72.4 Å². The van der Waals surface area contributed by atoms with Gasteiger partial charge in [0.2, 0.25) is 5.91 Å². The number of aryl methyl sites for hydroxylation is 2. The van der Waals surface area contributed by atoms with E-state index in [1.54, 1.807) is 63.7 Å². The highest BCUT2D eigenvalue weighted by molar-refractivity contribution is 6.30. The molecule has 41 heavy (non-hydrogen) atoms. The fraction of sp³-hybridized carbons (Fsp3) is 0.370. The quantitative estimate of drug-likeness (QED) is 0.313. The summed E-state index contributed by atoms with van der Waals surface area (Å²) in [5.41, 5.74) is 2.39. The molecule has 0 radical (unpaired) electrons. The number of hydrogen-bond acceptors (Lipinski definition) is 10. The molecule has 216 valence electrons. The van der Waals surface area contributed by atoms with Crippen molar-refractivity contribution in [2.24, 2.45) is 7.05 Å². The zero-order valence-electron chi connectivity index (χ0n) is 24.1. The van der Waals surface area contributed by atoms with E-state index in [2.05, 4.69) is 35.7 Å². The summed E-state index contributed by atoms with van der Waals surface area (Å²) in [5.74, 6) is 0.583. The normalized spacial score (nSPS) is 12.1. The monoisotopic (exact) mass is 581 g/mol. The molecule has 1 atom stereocenters. The van der Waals surface area contributed by atoms with Gasteiger partial charge in [0.25, 0.3) is 0 Å². The second-order valence-corrected chi connectivity index (χ2v) is 10.8. The molecule has 0 spiro atoms. The number of amides is 2. The highest BCUT2D eigenvalue weighted by Crippen LogP contribution is 2.32. The summed E-state index contributed by atoms with van der Waals surface area (Å²) in [6, 6.07) is 6.11. The Hall–Kier alpha value is -4.52. The first-order valence-electron chi connectivity index (χ1n) is 12.7. The van der Waals surface area contributed by atoms with Crippen molar-refractivity contribution >= 4 is 52.1 Å². The van der Waals surface area contributed by atoms with Crippen LogP contribution in [0.4, 0.5) is 22.2 Å². The van der Waals surface area contributed by atoms with Crippen molar-refractivity contribution in [1.82, 2.24) is 34.6 Å². The number of fused-ring (bicyclic) bond motifs is 1. The Kier molecular flexibility index (Phi) is 8.29. The van der Waals surface area contributed by atoms with Crippen molar-refractivity contribution in [1.29, 1.82) is 0 Å².